The Kier molecular flexibility index (Phi) is 3.91. The van der Waals surface area contributed by atoms with Crippen molar-refractivity contribution < 1.29 is 0 Å². The van der Waals surface area contributed by atoms with E-state index in [-0.39, 0.29) is 0 Å². The van der Waals surface area contributed by atoms with Gasteiger partial charge in [0.05, 0.1) is 33.1 Å². The third-order valence-corrected chi connectivity index (χ3v) is 7.12. The van der Waals surface area contributed by atoms with Gasteiger partial charge in [0.25, 0.3) is 0 Å². The molecule has 8 rings (SSSR count). The van der Waals surface area contributed by atoms with Gasteiger partial charge in [0.15, 0.2) is 0 Å². The largest absolute Gasteiger partial charge is 0.308 e. The lowest BCUT2D eigenvalue weighted by molar-refractivity contribution is 1.09. The fraction of sp³-hybridized carbons (Fsp3) is 0. The lowest BCUT2D eigenvalue weighted by atomic mass is 10.2. The van der Waals surface area contributed by atoms with E-state index < -0.39 is 0 Å². The molecule has 8 aromatic rings. The van der Waals surface area contributed by atoms with Crippen molar-refractivity contribution >= 4 is 54.6 Å². The Morgan fingerprint density at radius 2 is 1.06 bits per heavy atom. The second-order valence-electron chi connectivity index (χ2n) is 9.15. The van der Waals surface area contributed by atoms with Gasteiger partial charge >= 0.3 is 0 Å². The molecule has 0 aliphatic heterocycles. The molecule has 168 valence electrons. The van der Waals surface area contributed by atoms with E-state index in [9.17, 15) is 0 Å². The highest BCUT2D eigenvalue weighted by atomic mass is 15.1. The van der Waals surface area contributed by atoms with Gasteiger partial charge in [0.2, 0.25) is 0 Å². The highest BCUT2D eigenvalue weighted by molar-refractivity contribution is 6.15. The zero-order valence-corrected chi connectivity index (χ0v) is 19.3. The molecule has 4 aromatic carbocycles. The predicted molar refractivity (Wildman–Crippen MR) is 148 cm³/mol. The van der Waals surface area contributed by atoms with Crippen molar-refractivity contribution in [1.29, 1.82) is 0 Å². The van der Waals surface area contributed by atoms with Crippen LogP contribution in [0.4, 0.5) is 0 Å². The smallest absolute Gasteiger partial charge is 0.138 e. The minimum absolute atomic E-state index is 0.892. The number of benzene rings is 4. The lowest BCUT2D eigenvalue weighted by Gasteiger charge is -2.09. The predicted octanol–water partition coefficient (Wildman–Crippen LogP) is 7.82. The van der Waals surface area contributed by atoms with Gasteiger partial charge in [-0.3, -0.25) is 4.57 Å². The van der Waals surface area contributed by atoms with Crippen LogP contribution in [0.1, 0.15) is 0 Å². The molecule has 0 fully saturated rings. The Bertz CT molecular complexity index is 2100. The summed E-state index contributed by atoms with van der Waals surface area (Å²) in [5.74, 6) is 0.892. The van der Waals surface area contributed by atoms with E-state index in [2.05, 4.69) is 118 Å². The normalized spacial score (nSPS) is 11.9. The average molecular weight is 461 g/mol. The van der Waals surface area contributed by atoms with Crippen LogP contribution in [0.3, 0.4) is 0 Å². The molecule has 0 saturated heterocycles. The average Bonchev–Trinajstić information content (AvgIpc) is 3.44. The van der Waals surface area contributed by atoms with Gasteiger partial charge in [-0.25, -0.2) is 9.97 Å². The molecule has 0 amide bonds. The maximum atomic E-state index is 5.32. The monoisotopic (exact) mass is 460 g/mol. The molecule has 4 aromatic heterocycles. The Morgan fingerprint density at radius 3 is 1.81 bits per heavy atom. The number of pyridine rings is 2. The molecule has 4 heteroatoms. The molecule has 0 radical (unpaired) electrons. The fourth-order valence-corrected chi connectivity index (χ4v) is 5.52. The first-order chi connectivity index (χ1) is 17.9. The van der Waals surface area contributed by atoms with Gasteiger partial charge in [-0.05, 0) is 41.8 Å². The molecular weight excluding hydrogens is 440 g/mol. The van der Waals surface area contributed by atoms with Crippen molar-refractivity contribution in [1.82, 2.24) is 19.1 Å². The second kappa shape index (κ2) is 7.27. The summed E-state index contributed by atoms with van der Waals surface area (Å²) in [5.41, 5.74) is 7.51. The number of para-hydroxylation sites is 3. The zero-order valence-electron chi connectivity index (χ0n) is 19.3. The highest BCUT2D eigenvalue weighted by Gasteiger charge is 2.19. The maximum absolute atomic E-state index is 5.32. The first kappa shape index (κ1) is 19.4. The Labute approximate surface area is 206 Å². The second-order valence-corrected chi connectivity index (χ2v) is 9.15. The van der Waals surface area contributed by atoms with E-state index in [1.807, 2.05) is 12.3 Å². The summed E-state index contributed by atoms with van der Waals surface area (Å²) in [6.07, 6.45) is 1.96. The SMILES string of the molecule is c1ccc(-n2c3ccccc3c3nc4c5ccccc5n(-c5cc6ccccc6cn5)c4cc32)cc1. The third-order valence-electron chi connectivity index (χ3n) is 7.12. The van der Waals surface area contributed by atoms with Crippen LogP contribution in [-0.4, -0.2) is 19.1 Å². The van der Waals surface area contributed by atoms with E-state index in [0.717, 1.165) is 60.8 Å². The molecular formula is C32H20N4. The van der Waals surface area contributed by atoms with Gasteiger partial charge in [0.1, 0.15) is 5.82 Å². The van der Waals surface area contributed by atoms with Crippen molar-refractivity contribution in [3.8, 4) is 11.5 Å². The van der Waals surface area contributed by atoms with Crippen molar-refractivity contribution in [2.45, 2.75) is 0 Å². The molecule has 0 spiro atoms. The zero-order chi connectivity index (χ0) is 23.6. The lowest BCUT2D eigenvalue weighted by Crippen LogP contribution is -1.98. The molecule has 0 bridgehead atoms. The topological polar surface area (TPSA) is 35.6 Å². The number of fused-ring (bicyclic) bond motifs is 7. The summed E-state index contributed by atoms with van der Waals surface area (Å²) in [4.78, 5) is 10.2. The number of hydrogen-bond acceptors (Lipinski definition) is 2. The molecule has 0 aliphatic carbocycles. The van der Waals surface area contributed by atoms with Crippen molar-refractivity contribution in [3.05, 3.63) is 121 Å². The van der Waals surface area contributed by atoms with Crippen molar-refractivity contribution in [2.75, 3.05) is 0 Å². The third kappa shape index (κ3) is 2.64. The molecule has 0 aliphatic rings. The molecule has 4 nitrogen and oxygen atoms in total. The summed E-state index contributed by atoms with van der Waals surface area (Å²) in [5, 5.41) is 4.58. The molecule has 0 saturated carbocycles. The van der Waals surface area contributed by atoms with Crippen LogP contribution in [0.2, 0.25) is 0 Å². The summed E-state index contributed by atoms with van der Waals surface area (Å²) >= 11 is 0. The van der Waals surface area contributed by atoms with Crippen LogP contribution in [-0.2, 0) is 0 Å². The molecule has 36 heavy (non-hydrogen) atoms. The summed E-state index contributed by atoms with van der Waals surface area (Å²) < 4.78 is 4.56. The number of aromatic nitrogens is 4. The first-order valence-corrected chi connectivity index (χ1v) is 12.1. The van der Waals surface area contributed by atoms with Crippen LogP contribution in [0.5, 0.6) is 0 Å². The standard InChI is InChI=1S/C32H20N4/c1-2-12-23(13-3-1)35-26-16-8-6-14-24(26)31-28(35)19-29-32(34-31)25-15-7-9-17-27(25)36(29)30-18-21-10-4-5-11-22(21)20-33-30/h1-20H. The van der Waals surface area contributed by atoms with Crippen molar-refractivity contribution in [2.24, 2.45) is 0 Å². The van der Waals surface area contributed by atoms with Crippen LogP contribution in [0.25, 0.3) is 66.2 Å². The molecule has 4 heterocycles. The molecule has 0 N–H and O–H groups in total. The minimum Gasteiger partial charge on any atom is -0.308 e. The van der Waals surface area contributed by atoms with E-state index in [1.165, 1.54) is 5.39 Å². The van der Waals surface area contributed by atoms with E-state index >= 15 is 0 Å². The Balaban J connectivity index is 1.55. The quantitative estimate of drug-likeness (QED) is 0.264. The Hall–Kier alpha value is -4.96. The Morgan fingerprint density at radius 1 is 0.472 bits per heavy atom. The maximum Gasteiger partial charge on any atom is 0.138 e. The van der Waals surface area contributed by atoms with Gasteiger partial charge in [-0.1, -0.05) is 78.9 Å². The minimum atomic E-state index is 0.892. The van der Waals surface area contributed by atoms with Gasteiger partial charge in [-0.2, -0.15) is 0 Å². The van der Waals surface area contributed by atoms with Gasteiger partial charge in [-0.15, -0.1) is 0 Å². The van der Waals surface area contributed by atoms with Crippen LogP contribution < -0.4 is 0 Å². The van der Waals surface area contributed by atoms with Gasteiger partial charge < -0.3 is 4.57 Å². The number of nitrogens with zero attached hydrogens (tertiary/aromatic N) is 4. The van der Waals surface area contributed by atoms with Crippen LogP contribution in [0, 0.1) is 0 Å². The fourth-order valence-electron chi connectivity index (χ4n) is 5.52. The molecule has 0 unspecified atom stereocenters. The van der Waals surface area contributed by atoms with Gasteiger partial charge in [0, 0.05) is 28.0 Å². The van der Waals surface area contributed by atoms with Crippen LogP contribution >= 0.6 is 0 Å². The van der Waals surface area contributed by atoms with Crippen LogP contribution in [0.15, 0.2) is 121 Å². The number of rotatable bonds is 2. The summed E-state index contributed by atoms with van der Waals surface area (Å²) in [6.45, 7) is 0. The van der Waals surface area contributed by atoms with E-state index in [1.54, 1.807) is 0 Å². The molecule has 0 atom stereocenters. The van der Waals surface area contributed by atoms with E-state index in [0.29, 0.717) is 0 Å². The first-order valence-electron chi connectivity index (χ1n) is 12.1. The highest BCUT2D eigenvalue weighted by Crippen LogP contribution is 2.37. The summed E-state index contributed by atoms with van der Waals surface area (Å²) in [6, 6.07) is 40.3. The summed E-state index contributed by atoms with van der Waals surface area (Å²) in [7, 11) is 0. The number of hydrogen-bond donors (Lipinski definition) is 0. The van der Waals surface area contributed by atoms with Crippen molar-refractivity contribution in [3.63, 3.8) is 0 Å². The van der Waals surface area contributed by atoms with E-state index in [4.69, 9.17) is 9.97 Å².